The lowest BCUT2D eigenvalue weighted by atomic mass is 10.1. The molecule has 1 rings (SSSR count). The number of aliphatic carboxylic acids is 1. The number of nitrogens with zero attached hydrogens (tertiary/aromatic N) is 1. The summed E-state index contributed by atoms with van der Waals surface area (Å²) in [6.45, 7) is 10.2. The smallest absolute Gasteiger partial charge is 0.336 e. The Morgan fingerprint density at radius 2 is 1.80 bits per heavy atom. The zero-order chi connectivity index (χ0) is 15.6. The SMILES string of the molecule is CC(C)(C)[Si](C)(C)OC(C(=O)O)c1ccc(C#N)cc1. The molecule has 0 heterocycles. The van der Waals surface area contributed by atoms with Gasteiger partial charge in [0.1, 0.15) is 0 Å². The molecular formula is C15H21NO3Si. The third kappa shape index (κ3) is 3.68. The summed E-state index contributed by atoms with van der Waals surface area (Å²) in [5, 5.41) is 18.1. The average molecular weight is 291 g/mol. The van der Waals surface area contributed by atoms with Crippen molar-refractivity contribution in [1.82, 2.24) is 0 Å². The Balaban J connectivity index is 3.07. The average Bonchev–Trinajstić information content (AvgIpc) is 2.34. The minimum absolute atomic E-state index is 0.0622. The first kappa shape index (κ1) is 16.4. The van der Waals surface area contributed by atoms with E-state index in [0.29, 0.717) is 11.1 Å². The fourth-order valence-corrected chi connectivity index (χ4v) is 2.64. The van der Waals surface area contributed by atoms with Gasteiger partial charge < -0.3 is 9.53 Å². The van der Waals surface area contributed by atoms with Gasteiger partial charge in [-0.25, -0.2) is 4.79 Å². The van der Waals surface area contributed by atoms with Crippen LogP contribution in [0.1, 0.15) is 38.0 Å². The van der Waals surface area contributed by atoms with Crippen molar-refractivity contribution in [3.05, 3.63) is 35.4 Å². The number of rotatable bonds is 4. The van der Waals surface area contributed by atoms with Crippen LogP contribution in [-0.4, -0.2) is 19.4 Å². The van der Waals surface area contributed by atoms with E-state index in [9.17, 15) is 9.90 Å². The standard InChI is InChI=1S/C15H21NO3Si/c1-15(2,3)20(4,5)19-13(14(17)18)12-8-6-11(10-16)7-9-12/h6-9,13H,1-5H3,(H,17,18). The van der Waals surface area contributed by atoms with E-state index in [1.807, 2.05) is 19.2 Å². The third-order valence-corrected chi connectivity index (χ3v) is 8.22. The van der Waals surface area contributed by atoms with Crippen molar-refractivity contribution < 1.29 is 14.3 Å². The van der Waals surface area contributed by atoms with Gasteiger partial charge in [-0.1, -0.05) is 32.9 Å². The van der Waals surface area contributed by atoms with Crippen LogP contribution in [0.3, 0.4) is 0 Å². The summed E-state index contributed by atoms with van der Waals surface area (Å²) in [4.78, 5) is 11.5. The summed E-state index contributed by atoms with van der Waals surface area (Å²) < 4.78 is 5.98. The topological polar surface area (TPSA) is 70.3 Å². The van der Waals surface area contributed by atoms with Gasteiger partial charge in [-0.3, -0.25) is 0 Å². The molecular weight excluding hydrogens is 270 g/mol. The highest BCUT2D eigenvalue weighted by molar-refractivity contribution is 6.74. The number of hydrogen-bond acceptors (Lipinski definition) is 3. The lowest BCUT2D eigenvalue weighted by Crippen LogP contribution is -2.43. The molecule has 0 spiro atoms. The van der Waals surface area contributed by atoms with Gasteiger partial charge in [-0.2, -0.15) is 5.26 Å². The number of carboxylic acid groups (broad SMARTS) is 1. The highest BCUT2D eigenvalue weighted by Crippen LogP contribution is 2.39. The van der Waals surface area contributed by atoms with Crippen LogP contribution >= 0.6 is 0 Å². The summed E-state index contributed by atoms with van der Waals surface area (Å²) in [6.07, 6.45) is -0.983. The number of carboxylic acids is 1. The predicted octanol–water partition coefficient (Wildman–Crippen LogP) is 3.71. The number of nitriles is 1. The van der Waals surface area contributed by atoms with Crippen molar-refractivity contribution in [2.45, 2.75) is 45.0 Å². The molecule has 4 nitrogen and oxygen atoms in total. The van der Waals surface area contributed by atoms with Gasteiger partial charge in [-0.15, -0.1) is 0 Å². The van der Waals surface area contributed by atoms with Crippen molar-refractivity contribution in [1.29, 1.82) is 5.26 Å². The Hall–Kier alpha value is -1.64. The van der Waals surface area contributed by atoms with E-state index >= 15 is 0 Å². The number of carbonyl (C=O) groups is 1. The Kier molecular flexibility index (Phi) is 4.74. The second kappa shape index (κ2) is 5.78. The predicted molar refractivity (Wildman–Crippen MR) is 79.8 cm³/mol. The number of hydrogen-bond donors (Lipinski definition) is 1. The largest absolute Gasteiger partial charge is 0.479 e. The normalized spacial score (nSPS) is 13.6. The second-order valence-corrected chi connectivity index (χ2v) is 11.1. The van der Waals surface area contributed by atoms with E-state index < -0.39 is 20.4 Å². The fourth-order valence-electron chi connectivity index (χ4n) is 1.46. The Morgan fingerprint density at radius 3 is 2.15 bits per heavy atom. The highest BCUT2D eigenvalue weighted by Gasteiger charge is 2.41. The van der Waals surface area contributed by atoms with Gasteiger partial charge in [0.2, 0.25) is 0 Å². The van der Waals surface area contributed by atoms with Crippen LogP contribution < -0.4 is 0 Å². The third-order valence-electron chi connectivity index (χ3n) is 3.79. The maximum atomic E-state index is 11.5. The summed E-state index contributed by atoms with van der Waals surface area (Å²) in [7, 11) is -2.18. The van der Waals surface area contributed by atoms with Gasteiger partial charge >= 0.3 is 5.97 Å². The molecule has 5 heteroatoms. The quantitative estimate of drug-likeness (QED) is 0.859. The molecule has 0 aliphatic rings. The molecule has 0 bridgehead atoms. The van der Waals surface area contributed by atoms with Crippen LogP contribution in [-0.2, 0) is 9.22 Å². The molecule has 0 aliphatic carbocycles. The van der Waals surface area contributed by atoms with Crippen LogP contribution in [0.4, 0.5) is 0 Å². The minimum Gasteiger partial charge on any atom is -0.479 e. The second-order valence-electron chi connectivity index (χ2n) is 6.33. The molecule has 0 amide bonds. The van der Waals surface area contributed by atoms with E-state index in [4.69, 9.17) is 9.69 Å². The summed E-state index contributed by atoms with van der Waals surface area (Å²) in [5.41, 5.74) is 1.08. The van der Waals surface area contributed by atoms with E-state index in [1.54, 1.807) is 24.3 Å². The van der Waals surface area contributed by atoms with E-state index in [-0.39, 0.29) is 5.04 Å². The van der Waals surface area contributed by atoms with E-state index in [0.717, 1.165) is 0 Å². The Labute approximate surface area is 121 Å². The van der Waals surface area contributed by atoms with Gasteiger partial charge in [0.25, 0.3) is 0 Å². The van der Waals surface area contributed by atoms with Crippen LogP contribution in [0.25, 0.3) is 0 Å². The van der Waals surface area contributed by atoms with Crippen molar-refractivity contribution in [2.75, 3.05) is 0 Å². The molecule has 0 saturated carbocycles. The van der Waals surface area contributed by atoms with Crippen LogP contribution in [0.15, 0.2) is 24.3 Å². The lowest BCUT2D eigenvalue weighted by Gasteiger charge is -2.38. The zero-order valence-electron chi connectivity index (χ0n) is 12.6. The molecule has 0 fully saturated rings. The first-order valence-electron chi connectivity index (χ1n) is 6.49. The molecule has 0 saturated heterocycles. The van der Waals surface area contributed by atoms with E-state index in [2.05, 4.69) is 20.8 Å². The van der Waals surface area contributed by atoms with Gasteiger partial charge in [0.15, 0.2) is 14.4 Å². The molecule has 0 radical (unpaired) electrons. The van der Waals surface area contributed by atoms with Gasteiger partial charge in [0, 0.05) is 0 Å². The van der Waals surface area contributed by atoms with Crippen LogP contribution in [0.5, 0.6) is 0 Å². The molecule has 1 N–H and O–H groups in total. The zero-order valence-corrected chi connectivity index (χ0v) is 13.6. The molecule has 0 aliphatic heterocycles. The molecule has 1 unspecified atom stereocenters. The number of benzene rings is 1. The van der Waals surface area contributed by atoms with Crippen molar-refractivity contribution >= 4 is 14.3 Å². The van der Waals surface area contributed by atoms with Gasteiger partial charge in [0.05, 0.1) is 11.6 Å². The first-order chi connectivity index (χ1) is 9.08. The Bertz CT molecular complexity index is 524. The molecule has 108 valence electrons. The maximum Gasteiger partial charge on any atom is 0.336 e. The summed E-state index contributed by atoms with van der Waals surface area (Å²) in [5.74, 6) is -1.00. The molecule has 20 heavy (non-hydrogen) atoms. The van der Waals surface area contributed by atoms with Crippen molar-refractivity contribution in [3.8, 4) is 6.07 Å². The lowest BCUT2D eigenvalue weighted by molar-refractivity contribution is -0.146. The van der Waals surface area contributed by atoms with E-state index in [1.165, 1.54) is 0 Å². The first-order valence-corrected chi connectivity index (χ1v) is 9.40. The monoisotopic (exact) mass is 291 g/mol. The maximum absolute atomic E-state index is 11.5. The Morgan fingerprint density at radius 1 is 1.30 bits per heavy atom. The summed E-state index contributed by atoms with van der Waals surface area (Å²) >= 11 is 0. The minimum atomic E-state index is -2.18. The molecule has 1 aromatic carbocycles. The molecule has 0 aromatic heterocycles. The van der Waals surface area contributed by atoms with Gasteiger partial charge in [-0.05, 0) is 35.8 Å². The van der Waals surface area contributed by atoms with Crippen LogP contribution in [0, 0.1) is 11.3 Å². The van der Waals surface area contributed by atoms with Crippen LogP contribution in [0.2, 0.25) is 18.1 Å². The molecule has 1 aromatic rings. The highest BCUT2D eigenvalue weighted by atomic mass is 28.4. The fraction of sp³-hybridized carbons (Fsp3) is 0.467. The summed E-state index contributed by atoms with van der Waals surface area (Å²) in [6, 6.07) is 8.52. The van der Waals surface area contributed by atoms with Crippen molar-refractivity contribution in [2.24, 2.45) is 0 Å². The van der Waals surface area contributed by atoms with Crippen molar-refractivity contribution in [3.63, 3.8) is 0 Å². The molecule has 1 atom stereocenters.